The van der Waals surface area contributed by atoms with Crippen LogP contribution in [0.2, 0.25) is 0 Å². The van der Waals surface area contributed by atoms with Crippen LogP contribution < -0.4 is 0 Å². The predicted octanol–water partition coefficient (Wildman–Crippen LogP) is 4.60. The van der Waals surface area contributed by atoms with Crippen molar-refractivity contribution >= 4 is 0 Å². The van der Waals surface area contributed by atoms with Crippen LogP contribution in [0, 0.1) is 20.2 Å². The quantitative estimate of drug-likeness (QED) is 0.449. The predicted molar refractivity (Wildman–Crippen MR) is 102 cm³/mol. The topological polar surface area (TPSA) is 95.5 Å². The molecule has 0 spiro atoms. The van der Waals surface area contributed by atoms with Crippen LogP contribution in [0.3, 0.4) is 0 Å². The van der Waals surface area contributed by atoms with Crippen molar-refractivity contribution in [1.29, 1.82) is 0 Å². The zero-order chi connectivity index (χ0) is 19.8. The molecule has 7 heteroatoms. The number of nitrogens with zero attached hydrogens (tertiary/aromatic N) is 2. The summed E-state index contributed by atoms with van der Waals surface area (Å²) in [4.78, 5) is 22.5. The first kappa shape index (κ1) is 20.5. The summed E-state index contributed by atoms with van der Waals surface area (Å²) >= 11 is 0. The average molecular weight is 372 g/mol. The summed E-state index contributed by atoms with van der Waals surface area (Å²) in [5.74, 6) is 0. The summed E-state index contributed by atoms with van der Waals surface area (Å²) in [6.45, 7) is 3.43. The first-order valence-corrected chi connectivity index (χ1v) is 9.01. The average Bonchev–Trinajstić information content (AvgIpc) is 2.68. The molecule has 2 rings (SSSR count). The molecule has 0 amide bonds. The second-order valence-electron chi connectivity index (χ2n) is 6.32. The van der Waals surface area contributed by atoms with Gasteiger partial charge >= 0.3 is 0 Å². The lowest BCUT2D eigenvalue weighted by atomic mass is 9.97. The summed E-state index contributed by atoms with van der Waals surface area (Å²) in [6, 6.07) is 15.8. The van der Waals surface area contributed by atoms with Gasteiger partial charge in [-0.3, -0.25) is 20.2 Å². The molecule has 0 saturated carbocycles. The molecule has 0 N–H and O–H groups in total. The highest BCUT2D eigenvalue weighted by atomic mass is 16.6. The third-order valence-corrected chi connectivity index (χ3v) is 4.63. The maximum atomic E-state index is 11.6. The van der Waals surface area contributed by atoms with Gasteiger partial charge in [0.15, 0.2) is 12.2 Å². The van der Waals surface area contributed by atoms with Crippen LogP contribution in [0.1, 0.15) is 50.0 Å². The van der Waals surface area contributed by atoms with Crippen LogP contribution in [0.15, 0.2) is 60.7 Å². The lowest BCUT2D eigenvalue weighted by molar-refractivity contribution is -0.554. The maximum absolute atomic E-state index is 11.6. The van der Waals surface area contributed by atoms with Crippen molar-refractivity contribution in [2.45, 2.75) is 51.0 Å². The van der Waals surface area contributed by atoms with Gasteiger partial charge in [-0.25, -0.2) is 0 Å². The van der Waals surface area contributed by atoms with E-state index in [-0.39, 0.29) is 22.7 Å². The molecule has 0 fully saturated rings. The van der Waals surface area contributed by atoms with Crippen LogP contribution in [0.25, 0.3) is 0 Å². The number of hydrogen-bond donors (Lipinski definition) is 0. The van der Waals surface area contributed by atoms with Gasteiger partial charge in [-0.15, -0.1) is 0 Å². The smallest absolute Gasteiger partial charge is 0.242 e. The van der Waals surface area contributed by atoms with E-state index in [0.29, 0.717) is 11.1 Å². The van der Waals surface area contributed by atoms with E-state index >= 15 is 0 Å². The molecule has 0 saturated heterocycles. The largest absolute Gasteiger partial charge is 0.351 e. The standard InChI is InChI=1S/C20H24N2O5/c1-3-17(21(23)24)19(15-11-7-5-8-12-15)27-20(18(4-2)22(25)26)16-13-9-6-10-14-16/h5-14,17-20H,3-4H2,1-2H3. The molecule has 4 atom stereocenters. The molecule has 0 aliphatic carbocycles. The molecule has 0 bridgehead atoms. The van der Waals surface area contributed by atoms with E-state index in [9.17, 15) is 20.2 Å². The van der Waals surface area contributed by atoms with Crippen LogP contribution >= 0.6 is 0 Å². The minimum atomic E-state index is -0.997. The normalized spacial score (nSPS) is 15.5. The highest BCUT2D eigenvalue weighted by molar-refractivity contribution is 5.22. The van der Waals surface area contributed by atoms with Gasteiger partial charge in [-0.1, -0.05) is 74.5 Å². The fourth-order valence-electron chi connectivity index (χ4n) is 3.17. The van der Waals surface area contributed by atoms with Gasteiger partial charge in [0.05, 0.1) is 0 Å². The Balaban J connectivity index is 2.48. The highest BCUT2D eigenvalue weighted by Gasteiger charge is 2.40. The van der Waals surface area contributed by atoms with E-state index in [1.165, 1.54) is 0 Å². The zero-order valence-corrected chi connectivity index (χ0v) is 15.4. The number of nitro groups is 2. The fourth-order valence-corrected chi connectivity index (χ4v) is 3.17. The van der Waals surface area contributed by atoms with Crippen molar-refractivity contribution in [3.63, 3.8) is 0 Å². The maximum Gasteiger partial charge on any atom is 0.242 e. The second-order valence-corrected chi connectivity index (χ2v) is 6.32. The Morgan fingerprint density at radius 3 is 1.33 bits per heavy atom. The van der Waals surface area contributed by atoms with Gasteiger partial charge in [0.2, 0.25) is 12.1 Å². The lowest BCUT2D eigenvalue weighted by Gasteiger charge is -2.28. The van der Waals surface area contributed by atoms with Gasteiger partial charge in [-0.05, 0) is 11.1 Å². The highest BCUT2D eigenvalue weighted by Crippen LogP contribution is 2.35. The monoisotopic (exact) mass is 372 g/mol. The molecule has 0 radical (unpaired) electrons. The molecule has 2 aromatic carbocycles. The summed E-state index contributed by atoms with van der Waals surface area (Å²) in [5, 5.41) is 23.3. The Kier molecular flexibility index (Phi) is 7.43. The van der Waals surface area contributed by atoms with E-state index in [1.54, 1.807) is 62.4 Å². The molecule has 4 unspecified atom stereocenters. The van der Waals surface area contributed by atoms with Crippen LogP contribution in [-0.2, 0) is 4.74 Å². The van der Waals surface area contributed by atoms with E-state index in [4.69, 9.17) is 4.74 Å². The Morgan fingerprint density at radius 1 is 0.741 bits per heavy atom. The molecule has 2 aromatic rings. The number of benzene rings is 2. The van der Waals surface area contributed by atoms with Gasteiger partial charge in [-0.2, -0.15) is 0 Å². The Labute approximate surface area is 158 Å². The molecule has 27 heavy (non-hydrogen) atoms. The van der Waals surface area contributed by atoms with Crippen molar-refractivity contribution < 1.29 is 14.6 Å². The van der Waals surface area contributed by atoms with Crippen LogP contribution in [0.4, 0.5) is 0 Å². The number of ether oxygens (including phenoxy) is 1. The first-order chi connectivity index (χ1) is 13.0. The van der Waals surface area contributed by atoms with E-state index in [2.05, 4.69) is 0 Å². The molecule has 0 aliphatic rings. The Morgan fingerprint density at radius 2 is 1.07 bits per heavy atom. The zero-order valence-electron chi connectivity index (χ0n) is 15.4. The van der Waals surface area contributed by atoms with Gasteiger partial charge in [0.1, 0.15) is 0 Å². The van der Waals surface area contributed by atoms with E-state index in [1.807, 2.05) is 12.1 Å². The van der Waals surface area contributed by atoms with Crippen molar-refractivity contribution in [3.05, 3.63) is 92.0 Å². The Bertz CT molecular complexity index is 675. The summed E-state index contributed by atoms with van der Waals surface area (Å²) in [7, 11) is 0. The van der Waals surface area contributed by atoms with Crippen molar-refractivity contribution in [2.75, 3.05) is 0 Å². The van der Waals surface area contributed by atoms with Crippen LogP contribution in [0.5, 0.6) is 0 Å². The van der Waals surface area contributed by atoms with E-state index in [0.717, 1.165) is 0 Å². The Hall–Kier alpha value is -2.80. The first-order valence-electron chi connectivity index (χ1n) is 9.01. The molecule has 144 valence electrons. The minimum absolute atomic E-state index is 0.253. The van der Waals surface area contributed by atoms with Crippen molar-refractivity contribution in [3.8, 4) is 0 Å². The lowest BCUT2D eigenvalue weighted by Crippen LogP contribution is -2.35. The van der Waals surface area contributed by atoms with Gasteiger partial charge in [0, 0.05) is 22.7 Å². The third-order valence-electron chi connectivity index (χ3n) is 4.63. The third kappa shape index (κ3) is 5.10. The van der Waals surface area contributed by atoms with Crippen molar-refractivity contribution in [2.24, 2.45) is 0 Å². The van der Waals surface area contributed by atoms with Gasteiger partial charge in [0.25, 0.3) is 0 Å². The van der Waals surface area contributed by atoms with E-state index < -0.39 is 24.3 Å². The number of rotatable bonds is 10. The molecule has 7 nitrogen and oxygen atoms in total. The van der Waals surface area contributed by atoms with Crippen LogP contribution in [-0.4, -0.2) is 21.9 Å². The molecule has 0 aliphatic heterocycles. The fraction of sp³-hybridized carbons (Fsp3) is 0.400. The summed E-state index contributed by atoms with van der Waals surface area (Å²) < 4.78 is 6.17. The van der Waals surface area contributed by atoms with Gasteiger partial charge < -0.3 is 4.74 Å². The molecule has 0 heterocycles. The molecular formula is C20H24N2O5. The SMILES string of the molecule is CCC(C(OC(c1ccccc1)C(CC)[N+](=O)[O-])c1ccccc1)[N+](=O)[O-]. The minimum Gasteiger partial charge on any atom is -0.351 e. The summed E-state index contributed by atoms with van der Waals surface area (Å²) in [5.41, 5.74) is 1.28. The second kappa shape index (κ2) is 9.78. The number of hydrogen-bond acceptors (Lipinski definition) is 5. The van der Waals surface area contributed by atoms with Crippen molar-refractivity contribution in [1.82, 2.24) is 0 Å². The molecular weight excluding hydrogens is 348 g/mol. The molecule has 0 aromatic heterocycles. The summed E-state index contributed by atoms with van der Waals surface area (Å²) in [6.07, 6.45) is -1.26.